The van der Waals surface area contributed by atoms with E-state index in [0.717, 1.165) is 37.8 Å². The maximum absolute atomic E-state index is 13.3. The second kappa shape index (κ2) is 7.40. The lowest BCUT2D eigenvalue weighted by Gasteiger charge is -2.10. The first-order valence-corrected chi connectivity index (χ1v) is 7.32. The van der Waals surface area contributed by atoms with Gasteiger partial charge in [-0.1, -0.05) is 0 Å². The fourth-order valence-electron chi connectivity index (χ4n) is 1.80. The van der Waals surface area contributed by atoms with Crippen molar-refractivity contribution in [3.63, 3.8) is 0 Å². The minimum atomic E-state index is -0.278. The molecule has 0 saturated carbocycles. The SMILES string of the molecule is CCOCCCNc1nccn1-c1ccc(F)c(Br)c1. The van der Waals surface area contributed by atoms with E-state index in [1.54, 1.807) is 18.3 Å². The zero-order valence-corrected chi connectivity index (χ0v) is 12.9. The van der Waals surface area contributed by atoms with Gasteiger partial charge in [0.15, 0.2) is 0 Å². The molecule has 0 aliphatic rings. The van der Waals surface area contributed by atoms with Crippen LogP contribution in [0, 0.1) is 5.82 Å². The number of hydrogen-bond donors (Lipinski definition) is 1. The van der Waals surface area contributed by atoms with Crippen molar-refractivity contribution < 1.29 is 9.13 Å². The Morgan fingerprint density at radius 1 is 1.45 bits per heavy atom. The lowest BCUT2D eigenvalue weighted by Crippen LogP contribution is -2.10. The summed E-state index contributed by atoms with van der Waals surface area (Å²) in [4.78, 5) is 4.26. The van der Waals surface area contributed by atoms with Crippen LogP contribution in [-0.2, 0) is 4.74 Å². The molecule has 0 aliphatic heterocycles. The van der Waals surface area contributed by atoms with Crippen molar-refractivity contribution in [1.82, 2.24) is 9.55 Å². The second-order valence-electron chi connectivity index (χ2n) is 4.20. The molecular weight excluding hydrogens is 325 g/mol. The maximum Gasteiger partial charge on any atom is 0.207 e. The number of rotatable bonds is 7. The van der Waals surface area contributed by atoms with E-state index >= 15 is 0 Å². The number of nitrogens with one attached hydrogen (secondary N) is 1. The number of imidazole rings is 1. The van der Waals surface area contributed by atoms with Crippen LogP contribution in [0.3, 0.4) is 0 Å². The fourth-order valence-corrected chi connectivity index (χ4v) is 2.16. The molecule has 0 unspecified atom stereocenters. The van der Waals surface area contributed by atoms with Crippen LogP contribution < -0.4 is 5.32 Å². The first kappa shape index (κ1) is 15.0. The molecule has 4 nitrogen and oxygen atoms in total. The lowest BCUT2D eigenvalue weighted by atomic mass is 10.3. The summed E-state index contributed by atoms with van der Waals surface area (Å²) in [7, 11) is 0. The van der Waals surface area contributed by atoms with Crippen molar-refractivity contribution in [3.05, 3.63) is 40.9 Å². The molecule has 2 rings (SSSR count). The van der Waals surface area contributed by atoms with E-state index < -0.39 is 0 Å². The Bertz CT molecular complexity index is 559. The maximum atomic E-state index is 13.3. The number of benzene rings is 1. The molecule has 20 heavy (non-hydrogen) atoms. The Balaban J connectivity index is 2.02. The van der Waals surface area contributed by atoms with Gasteiger partial charge in [-0.3, -0.25) is 4.57 Å². The van der Waals surface area contributed by atoms with Gasteiger partial charge >= 0.3 is 0 Å². The van der Waals surface area contributed by atoms with E-state index in [1.807, 2.05) is 17.7 Å². The molecule has 0 spiro atoms. The van der Waals surface area contributed by atoms with Gasteiger partial charge in [0.25, 0.3) is 0 Å². The largest absolute Gasteiger partial charge is 0.382 e. The number of anilines is 1. The van der Waals surface area contributed by atoms with Crippen LogP contribution in [0.1, 0.15) is 13.3 Å². The summed E-state index contributed by atoms with van der Waals surface area (Å²) >= 11 is 3.19. The molecule has 1 heterocycles. The van der Waals surface area contributed by atoms with E-state index in [-0.39, 0.29) is 5.82 Å². The average molecular weight is 342 g/mol. The van der Waals surface area contributed by atoms with Crippen molar-refractivity contribution in [1.29, 1.82) is 0 Å². The van der Waals surface area contributed by atoms with E-state index in [1.165, 1.54) is 6.07 Å². The van der Waals surface area contributed by atoms with Gasteiger partial charge < -0.3 is 10.1 Å². The molecule has 0 atom stereocenters. The standard InChI is InChI=1S/C14H17BrFN3O/c1-2-20-9-3-6-17-14-18-7-8-19(14)11-4-5-13(16)12(15)10-11/h4-5,7-8,10H,2-3,6,9H2,1H3,(H,17,18). The van der Waals surface area contributed by atoms with Gasteiger partial charge in [-0.15, -0.1) is 0 Å². The molecule has 0 saturated heterocycles. The van der Waals surface area contributed by atoms with Crippen LogP contribution in [0.5, 0.6) is 0 Å². The molecule has 0 radical (unpaired) electrons. The molecular formula is C14H17BrFN3O. The Morgan fingerprint density at radius 2 is 2.30 bits per heavy atom. The molecule has 108 valence electrons. The van der Waals surface area contributed by atoms with Crippen LogP contribution in [0.25, 0.3) is 5.69 Å². The smallest absolute Gasteiger partial charge is 0.207 e. The van der Waals surface area contributed by atoms with Gasteiger partial charge in [0.05, 0.1) is 4.47 Å². The van der Waals surface area contributed by atoms with E-state index in [9.17, 15) is 4.39 Å². The molecule has 1 N–H and O–H groups in total. The first-order valence-electron chi connectivity index (χ1n) is 6.52. The topological polar surface area (TPSA) is 39.1 Å². The van der Waals surface area contributed by atoms with Gasteiger partial charge in [-0.05, 0) is 47.5 Å². The van der Waals surface area contributed by atoms with Crippen molar-refractivity contribution in [2.75, 3.05) is 25.1 Å². The number of aromatic nitrogens is 2. The van der Waals surface area contributed by atoms with Crippen LogP contribution in [0.4, 0.5) is 10.3 Å². The minimum absolute atomic E-state index is 0.278. The first-order chi connectivity index (χ1) is 9.72. The summed E-state index contributed by atoms with van der Waals surface area (Å²) in [5.41, 5.74) is 0.850. The average Bonchev–Trinajstić information content (AvgIpc) is 2.90. The van der Waals surface area contributed by atoms with Gasteiger partial charge in [-0.2, -0.15) is 0 Å². The zero-order valence-electron chi connectivity index (χ0n) is 11.3. The molecule has 1 aromatic heterocycles. The van der Waals surface area contributed by atoms with E-state index in [0.29, 0.717) is 4.47 Å². The number of halogens is 2. The summed E-state index contributed by atoms with van der Waals surface area (Å²) in [6.45, 7) is 4.22. The normalized spacial score (nSPS) is 10.8. The van der Waals surface area contributed by atoms with Crippen LogP contribution in [-0.4, -0.2) is 29.3 Å². The fraction of sp³-hybridized carbons (Fsp3) is 0.357. The van der Waals surface area contributed by atoms with Crippen molar-refractivity contribution in [2.24, 2.45) is 0 Å². The molecule has 6 heteroatoms. The molecule has 1 aromatic carbocycles. The monoisotopic (exact) mass is 341 g/mol. The second-order valence-corrected chi connectivity index (χ2v) is 5.05. The zero-order chi connectivity index (χ0) is 14.4. The summed E-state index contributed by atoms with van der Waals surface area (Å²) in [5.74, 6) is 0.458. The third-order valence-corrected chi connectivity index (χ3v) is 3.38. The highest BCUT2D eigenvalue weighted by molar-refractivity contribution is 9.10. The van der Waals surface area contributed by atoms with Crippen molar-refractivity contribution in [2.45, 2.75) is 13.3 Å². The Labute approximate surface area is 126 Å². The number of ether oxygens (including phenoxy) is 1. The summed E-state index contributed by atoms with van der Waals surface area (Å²) < 4.78 is 20.9. The van der Waals surface area contributed by atoms with Crippen LogP contribution >= 0.6 is 15.9 Å². The predicted octanol–water partition coefficient (Wildman–Crippen LogP) is 3.61. The summed E-state index contributed by atoms with van der Waals surface area (Å²) in [5, 5.41) is 3.25. The molecule has 0 aliphatic carbocycles. The number of nitrogens with zero attached hydrogens (tertiary/aromatic N) is 2. The minimum Gasteiger partial charge on any atom is -0.382 e. The lowest BCUT2D eigenvalue weighted by molar-refractivity contribution is 0.147. The number of hydrogen-bond acceptors (Lipinski definition) is 3. The van der Waals surface area contributed by atoms with Crippen LogP contribution in [0.15, 0.2) is 35.1 Å². The molecule has 0 amide bonds. The highest BCUT2D eigenvalue weighted by Gasteiger charge is 2.06. The Hall–Kier alpha value is -1.40. The third kappa shape index (κ3) is 3.80. The van der Waals surface area contributed by atoms with E-state index in [4.69, 9.17) is 4.74 Å². The quantitative estimate of drug-likeness (QED) is 0.782. The van der Waals surface area contributed by atoms with Crippen molar-refractivity contribution in [3.8, 4) is 5.69 Å². The van der Waals surface area contributed by atoms with E-state index in [2.05, 4.69) is 26.2 Å². The van der Waals surface area contributed by atoms with Gasteiger partial charge in [0.2, 0.25) is 5.95 Å². The third-order valence-electron chi connectivity index (χ3n) is 2.77. The molecule has 0 fully saturated rings. The molecule has 2 aromatic rings. The van der Waals surface area contributed by atoms with Gasteiger partial charge in [0.1, 0.15) is 5.82 Å². The van der Waals surface area contributed by atoms with Gasteiger partial charge in [-0.25, -0.2) is 9.37 Å². The van der Waals surface area contributed by atoms with Crippen molar-refractivity contribution >= 4 is 21.9 Å². The summed E-state index contributed by atoms with van der Waals surface area (Å²) in [6, 6.07) is 4.87. The van der Waals surface area contributed by atoms with Crippen LogP contribution in [0.2, 0.25) is 0 Å². The Kier molecular flexibility index (Phi) is 5.55. The highest BCUT2D eigenvalue weighted by Crippen LogP contribution is 2.21. The van der Waals surface area contributed by atoms with Gasteiger partial charge in [0, 0.05) is 37.8 Å². The predicted molar refractivity (Wildman–Crippen MR) is 80.8 cm³/mol. The Morgan fingerprint density at radius 3 is 3.05 bits per heavy atom. The highest BCUT2D eigenvalue weighted by atomic mass is 79.9. The summed E-state index contributed by atoms with van der Waals surface area (Å²) in [6.07, 6.45) is 4.46. The molecule has 0 bridgehead atoms.